The molecule has 0 spiro atoms. The van der Waals surface area contributed by atoms with Crippen LogP contribution in [0.3, 0.4) is 0 Å². The summed E-state index contributed by atoms with van der Waals surface area (Å²) in [6, 6.07) is 6.92. The minimum absolute atomic E-state index is 0.266. The summed E-state index contributed by atoms with van der Waals surface area (Å²) < 4.78 is 0. The first-order valence-electron chi connectivity index (χ1n) is 7.81. The lowest BCUT2D eigenvalue weighted by Crippen LogP contribution is -2.38. The van der Waals surface area contributed by atoms with Crippen molar-refractivity contribution in [2.75, 3.05) is 7.05 Å². The average Bonchev–Trinajstić information content (AvgIpc) is 2.37. The molecule has 1 aromatic rings. The Morgan fingerprint density at radius 1 is 1.25 bits per heavy atom. The van der Waals surface area contributed by atoms with Gasteiger partial charge in [0.25, 0.3) is 0 Å². The number of aromatic hydroxyl groups is 1. The molecule has 0 aromatic heterocycles. The Balaban J connectivity index is 2.07. The number of hydrogen-bond acceptors (Lipinski definition) is 2. The molecule has 0 amide bonds. The lowest BCUT2D eigenvalue weighted by molar-refractivity contribution is 0.0993. The molecule has 0 radical (unpaired) electrons. The van der Waals surface area contributed by atoms with Gasteiger partial charge in [0.1, 0.15) is 5.75 Å². The molecule has 1 fully saturated rings. The first-order chi connectivity index (χ1) is 9.30. The maximum Gasteiger partial charge on any atom is 0.120 e. The Labute approximate surface area is 123 Å². The zero-order valence-electron chi connectivity index (χ0n) is 13.6. The normalized spacial score (nSPS) is 21.1. The zero-order chi connectivity index (χ0) is 14.9. The van der Waals surface area contributed by atoms with Crippen molar-refractivity contribution in [3.63, 3.8) is 0 Å². The number of aryl methyl sites for hydroxylation is 1. The molecule has 2 nitrogen and oxygen atoms in total. The maximum atomic E-state index is 10.2. The van der Waals surface area contributed by atoms with E-state index in [1.165, 1.54) is 25.7 Å². The molecule has 1 N–H and O–H groups in total. The Morgan fingerprint density at radius 3 is 2.40 bits per heavy atom. The van der Waals surface area contributed by atoms with Crippen LogP contribution in [0.15, 0.2) is 18.2 Å². The molecular formula is C18H29NO. The summed E-state index contributed by atoms with van der Waals surface area (Å²) in [6.07, 6.45) is 5.13. The van der Waals surface area contributed by atoms with Crippen molar-refractivity contribution < 1.29 is 5.11 Å². The van der Waals surface area contributed by atoms with Gasteiger partial charge in [-0.25, -0.2) is 0 Å². The molecule has 1 aliphatic carbocycles. The molecule has 0 bridgehead atoms. The maximum absolute atomic E-state index is 10.2. The third kappa shape index (κ3) is 3.35. The summed E-state index contributed by atoms with van der Waals surface area (Å²) in [5, 5.41) is 10.2. The largest absolute Gasteiger partial charge is 0.508 e. The van der Waals surface area contributed by atoms with Gasteiger partial charge in [-0.1, -0.05) is 26.0 Å². The van der Waals surface area contributed by atoms with Crippen LogP contribution in [0.4, 0.5) is 0 Å². The van der Waals surface area contributed by atoms with E-state index >= 15 is 0 Å². The van der Waals surface area contributed by atoms with Crippen LogP contribution >= 0.6 is 0 Å². The van der Waals surface area contributed by atoms with Crippen molar-refractivity contribution in [3.05, 3.63) is 29.3 Å². The third-order valence-electron chi connectivity index (χ3n) is 5.13. The molecule has 1 saturated carbocycles. The van der Waals surface area contributed by atoms with Gasteiger partial charge in [0.05, 0.1) is 0 Å². The summed E-state index contributed by atoms with van der Waals surface area (Å²) in [6.45, 7) is 8.96. The van der Waals surface area contributed by atoms with Gasteiger partial charge in [0.2, 0.25) is 0 Å². The van der Waals surface area contributed by atoms with E-state index in [-0.39, 0.29) is 6.04 Å². The number of phenols is 1. The number of phenolic OH excluding ortho intramolecular Hbond substituents is 1. The van der Waals surface area contributed by atoms with Crippen LogP contribution in [0.5, 0.6) is 5.75 Å². The van der Waals surface area contributed by atoms with Gasteiger partial charge in [0.15, 0.2) is 0 Å². The highest BCUT2D eigenvalue weighted by Gasteiger charge is 2.31. The van der Waals surface area contributed by atoms with Crippen LogP contribution in [0.1, 0.15) is 63.6 Å². The molecule has 0 aliphatic heterocycles. The summed E-state index contributed by atoms with van der Waals surface area (Å²) in [5.41, 5.74) is 2.66. The van der Waals surface area contributed by atoms with Gasteiger partial charge >= 0.3 is 0 Å². The van der Waals surface area contributed by atoms with Crippen molar-refractivity contribution in [1.82, 2.24) is 4.90 Å². The highest BCUT2D eigenvalue weighted by Crippen LogP contribution is 2.39. The smallest absolute Gasteiger partial charge is 0.120 e. The molecule has 0 saturated heterocycles. The fraction of sp³-hybridized carbons (Fsp3) is 0.667. The standard InChI is InChI=1S/C18H29NO/c1-13-6-7-16(17(20)12-13)14(2)19(5)15-8-10-18(3,4)11-9-15/h6-7,12,14-15,20H,8-11H2,1-5H3. The van der Waals surface area contributed by atoms with Gasteiger partial charge in [0, 0.05) is 17.6 Å². The SMILES string of the molecule is Cc1ccc(C(C)N(C)C2CCC(C)(C)CC2)c(O)c1. The van der Waals surface area contributed by atoms with E-state index in [4.69, 9.17) is 0 Å². The van der Waals surface area contributed by atoms with Crippen LogP contribution in [0.25, 0.3) is 0 Å². The molecule has 1 unspecified atom stereocenters. The van der Waals surface area contributed by atoms with Crippen molar-refractivity contribution in [1.29, 1.82) is 0 Å². The van der Waals surface area contributed by atoms with E-state index in [1.54, 1.807) is 0 Å². The zero-order valence-corrected chi connectivity index (χ0v) is 13.6. The lowest BCUT2D eigenvalue weighted by Gasteiger charge is -2.41. The lowest BCUT2D eigenvalue weighted by atomic mass is 9.75. The van der Waals surface area contributed by atoms with E-state index in [0.717, 1.165) is 11.1 Å². The summed E-state index contributed by atoms with van der Waals surface area (Å²) >= 11 is 0. The Morgan fingerprint density at radius 2 is 1.85 bits per heavy atom. The molecular weight excluding hydrogens is 246 g/mol. The van der Waals surface area contributed by atoms with E-state index in [0.29, 0.717) is 17.2 Å². The number of nitrogens with zero attached hydrogens (tertiary/aromatic N) is 1. The van der Waals surface area contributed by atoms with E-state index < -0.39 is 0 Å². The molecule has 1 aliphatic rings. The van der Waals surface area contributed by atoms with Crippen molar-refractivity contribution in [2.24, 2.45) is 5.41 Å². The average molecular weight is 275 g/mol. The monoisotopic (exact) mass is 275 g/mol. The van der Waals surface area contributed by atoms with Gasteiger partial charge in [-0.15, -0.1) is 0 Å². The molecule has 2 rings (SSSR count). The van der Waals surface area contributed by atoms with Crippen LogP contribution in [0, 0.1) is 12.3 Å². The van der Waals surface area contributed by atoms with Gasteiger partial charge in [-0.2, -0.15) is 0 Å². The predicted molar refractivity (Wildman–Crippen MR) is 85.1 cm³/mol. The molecule has 1 aromatic carbocycles. The second kappa shape index (κ2) is 5.77. The van der Waals surface area contributed by atoms with Crippen LogP contribution in [-0.2, 0) is 0 Å². The van der Waals surface area contributed by atoms with E-state index in [2.05, 4.69) is 44.9 Å². The fourth-order valence-electron chi connectivity index (χ4n) is 3.33. The summed E-state index contributed by atoms with van der Waals surface area (Å²) in [5.74, 6) is 0.431. The Bertz CT molecular complexity index is 456. The van der Waals surface area contributed by atoms with Crippen LogP contribution in [0.2, 0.25) is 0 Å². The summed E-state index contributed by atoms with van der Waals surface area (Å²) in [4.78, 5) is 2.44. The van der Waals surface area contributed by atoms with Gasteiger partial charge in [-0.3, -0.25) is 4.90 Å². The number of rotatable bonds is 3. The summed E-state index contributed by atoms with van der Waals surface area (Å²) in [7, 11) is 2.20. The first kappa shape index (κ1) is 15.4. The highest BCUT2D eigenvalue weighted by molar-refractivity contribution is 5.37. The van der Waals surface area contributed by atoms with Gasteiger partial charge in [-0.05, 0) is 63.6 Å². The Hall–Kier alpha value is -1.02. The van der Waals surface area contributed by atoms with E-state index in [9.17, 15) is 5.11 Å². The highest BCUT2D eigenvalue weighted by atomic mass is 16.3. The third-order valence-corrected chi connectivity index (χ3v) is 5.13. The topological polar surface area (TPSA) is 23.5 Å². The van der Waals surface area contributed by atoms with Gasteiger partial charge < -0.3 is 5.11 Å². The second-order valence-corrected chi connectivity index (χ2v) is 7.30. The Kier molecular flexibility index (Phi) is 4.43. The van der Waals surface area contributed by atoms with Crippen molar-refractivity contribution in [2.45, 2.75) is 65.5 Å². The molecule has 2 heteroatoms. The van der Waals surface area contributed by atoms with E-state index in [1.807, 2.05) is 13.0 Å². The number of benzene rings is 1. The minimum Gasteiger partial charge on any atom is -0.508 e. The van der Waals surface area contributed by atoms with Crippen LogP contribution < -0.4 is 0 Å². The predicted octanol–water partition coefficient (Wildman–Crippen LogP) is 4.66. The van der Waals surface area contributed by atoms with Crippen LogP contribution in [-0.4, -0.2) is 23.1 Å². The van der Waals surface area contributed by atoms with Crippen molar-refractivity contribution in [3.8, 4) is 5.75 Å². The first-order valence-corrected chi connectivity index (χ1v) is 7.81. The number of hydrogen-bond donors (Lipinski definition) is 1. The second-order valence-electron chi connectivity index (χ2n) is 7.30. The molecule has 112 valence electrons. The molecule has 0 heterocycles. The fourth-order valence-corrected chi connectivity index (χ4v) is 3.33. The quantitative estimate of drug-likeness (QED) is 0.867. The minimum atomic E-state index is 0.266. The molecule has 20 heavy (non-hydrogen) atoms. The van der Waals surface area contributed by atoms with Crippen molar-refractivity contribution >= 4 is 0 Å². The molecule has 1 atom stereocenters.